The molecule has 17 heavy (non-hydrogen) atoms. The van der Waals surface area contributed by atoms with Crippen LogP contribution >= 0.6 is 15.9 Å². The molecule has 0 fully saturated rings. The van der Waals surface area contributed by atoms with E-state index in [4.69, 9.17) is 0 Å². The van der Waals surface area contributed by atoms with Crippen LogP contribution in [0.25, 0.3) is 0 Å². The van der Waals surface area contributed by atoms with E-state index in [0.717, 1.165) is 28.6 Å². The molecule has 0 bridgehead atoms. The molecule has 0 saturated carbocycles. The minimum Gasteiger partial charge on any atom is -0.336 e. The van der Waals surface area contributed by atoms with Gasteiger partial charge in [0.25, 0.3) is 5.91 Å². The molecule has 94 valence electrons. The number of hydrogen-bond acceptors (Lipinski definition) is 1. The van der Waals surface area contributed by atoms with Crippen LogP contribution in [0.5, 0.6) is 0 Å². The van der Waals surface area contributed by atoms with E-state index >= 15 is 0 Å². The third kappa shape index (κ3) is 3.84. The number of amides is 1. The third-order valence-corrected chi connectivity index (χ3v) is 3.10. The van der Waals surface area contributed by atoms with Crippen molar-refractivity contribution >= 4 is 21.8 Å². The molecule has 1 aromatic rings. The van der Waals surface area contributed by atoms with Crippen molar-refractivity contribution in [1.29, 1.82) is 0 Å². The minimum atomic E-state index is 0.117. The zero-order chi connectivity index (χ0) is 13.0. The second kappa shape index (κ2) is 6.20. The summed E-state index contributed by atoms with van der Waals surface area (Å²) in [5.74, 6) is 0.117. The van der Waals surface area contributed by atoms with Crippen molar-refractivity contribution in [3.05, 3.63) is 33.8 Å². The van der Waals surface area contributed by atoms with Gasteiger partial charge in [-0.1, -0.05) is 22.9 Å². The van der Waals surface area contributed by atoms with Gasteiger partial charge in [0.15, 0.2) is 0 Å². The number of benzene rings is 1. The van der Waals surface area contributed by atoms with Crippen LogP contribution in [0.4, 0.5) is 0 Å². The molecule has 0 heterocycles. The van der Waals surface area contributed by atoms with E-state index in [1.807, 2.05) is 30.0 Å². The van der Waals surface area contributed by atoms with Crippen molar-refractivity contribution in [2.45, 2.75) is 40.2 Å². The highest BCUT2D eigenvalue weighted by atomic mass is 79.9. The summed E-state index contributed by atoms with van der Waals surface area (Å²) < 4.78 is 0.959. The maximum absolute atomic E-state index is 12.4. The first kappa shape index (κ1) is 14.2. The molecule has 0 aliphatic heterocycles. The lowest BCUT2D eigenvalue weighted by atomic mass is 10.1. The van der Waals surface area contributed by atoms with Crippen molar-refractivity contribution in [2.75, 3.05) is 6.54 Å². The fourth-order valence-corrected chi connectivity index (χ4v) is 2.47. The van der Waals surface area contributed by atoms with E-state index in [1.165, 1.54) is 0 Å². The smallest absolute Gasteiger partial charge is 0.254 e. The molecular formula is C14H20BrNO. The summed E-state index contributed by atoms with van der Waals surface area (Å²) in [4.78, 5) is 14.3. The number of halogens is 1. The number of rotatable bonds is 4. The van der Waals surface area contributed by atoms with Crippen LogP contribution in [-0.2, 0) is 0 Å². The van der Waals surface area contributed by atoms with Gasteiger partial charge in [0, 0.05) is 22.6 Å². The zero-order valence-corrected chi connectivity index (χ0v) is 12.5. The first-order valence-electron chi connectivity index (χ1n) is 6.03. The van der Waals surface area contributed by atoms with Gasteiger partial charge in [0.05, 0.1) is 0 Å². The second-order valence-corrected chi connectivity index (χ2v) is 5.53. The van der Waals surface area contributed by atoms with Crippen LogP contribution in [0.1, 0.15) is 43.1 Å². The van der Waals surface area contributed by atoms with E-state index in [-0.39, 0.29) is 11.9 Å². The monoisotopic (exact) mass is 297 g/mol. The summed E-state index contributed by atoms with van der Waals surface area (Å²) >= 11 is 3.44. The Bertz CT molecular complexity index is 381. The van der Waals surface area contributed by atoms with Gasteiger partial charge in [-0.25, -0.2) is 0 Å². The topological polar surface area (TPSA) is 20.3 Å². The summed E-state index contributed by atoms with van der Waals surface area (Å²) in [6.45, 7) is 9.01. The molecule has 0 unspecified atom stereocenters. The standard InChI is InChI=1S/C14H20BrNO/c1-5-6-16(10(2)3)14(17)12-7-11(4)8-13(15)9-12/h7-10H,5-6H2,1-4H3. The molecule has 0 aliphatic carbocycles. The molecule has 1 amide bonds. The maximum Gasteiger partial charge on any atom is 0.254 e. The van der Waals surface area contributed by atoms with Crippen molar-refractivity contribution < 1.29 is 4.79 Å². The lowest BCUT2D eigenvalue weighted by Crippen LogP contribution is -2.37. The summed E-state index contributed by atoms with van der Waals surface area (Å²) in [7, 11) is 0. The molecule has 3 heteroatoms. The van der Waals surface area contributed by atoms with Gasteiger partial charge in [-0.05, 0) is 51.0 Å². The van der Waals surface area contributed by atoms with Gasteiger partial charge in [-0.2, -0.15) is 0 Å². The fraction of sp³-hybridized carbons (Fsp3) is 0.500. The molecule has 0 aromatic heterocycles. The van der Waals surface area contributed by atoms with Crippen molar-refractivity contribution in [1.82, 2.24) is 4.90 Å². The summed E-state index contributed by atoms with van der Waals surface area (Å²) in [5, 5.41) is 0. The summed E-state index contributed by atoms with van der Waals surface area (Å²) in [6, 6.07) is 6.08. The molecule has 0 spiro atoms. The first-order valence-corrected chi connectivity index (χ1v) is 6.83. The Labute approximate surface area is 112 Å². The number of carbonyl (C=O) groups is 1. The Morgan fingerprint density at radius 3 is 2.47 bits per heavy atom. The number of nitrogens with zero attached hydrogens (tertiary/aromatic N) is 1. The Kier molecular flexibility index (Phi) is 5.19. The predicted octanol–water partition coefficient (Wildman–Crippen LogP) is 4.02. The number of carbonyl (C=O) groups excluding carboxylic acids is 1. The largest absolute Gasteiger partial charge is 0.336 e. The molecule has 0 radical (unpaired) electrons. The zero-order valence-electron chi connectivity index (χ0n) is 11.0. The van der Waals surface area contributed by atoms with E-state index in [1.54, 1.807) is 0 Å². The van der Waals surface area contributed by atoms with Crippen LogP contribution < -0.4 is 0 Å². The molecule has 2 nitrogen and oxygen atoms in total. The molecule has 0 saturated heterocycles. The van der Waals surface area contributed by atoms with E-state index < -0.39 is 0 Å². The molecule has 1 aromatic carbocycles. The Balaban J connectivity index is 3.00. The average molecular weight is 298 g/mol. The Hall–Kier alpha value is -0.830. The normalized spacial score (nSPS) is 10.7. The van der Waals surface area contributed by atoms with Crippen LogP contribution in [-0.4, -0.2) is 23.4 Å². The summed E-state index contributed by atoms with van der Waals surface area (Å²) in [5.41, 5.74) is 1.86. The highest BCUT2D eigenvalue weighted by Gasteiger charge is 2.18. The van der Waals surface area contributed by atoms with Gasteiger partial charge >= 0.3 is 0 Å². The molecule has 0 N–H and O–H groups in total. The van der Waals surface area contributed by atoms with Crippen molar-refractivity contribution in [3.63, 3.8) is 0 Å². The molecule has 0 aliphatic rings. The summed E-state index contributed by atoms with van der Waals surface area (Å²) in [6.07, 6.45) is 0.983. The predicted molar refractivity (Wildman–Crippen MR) is 75.3 cm³/mol. The number of hydrogen-bond donors (Lipinski definition) is 0. The third-order valence-electron chi connectivity index (χ3n) is 2.64. The van der Waals surface area contributed by atoms with Gasteiger partial charge in [0.2, 0.25) is 0 Å². The SMILES string of the molecule is CCCN(C(=O)c1cc(C)cc(Br)c1)C(C)C. The lowest BCUT2D eigenvalue weighted by Gasteiger charge is -2.26. The van der Waals surface area contributed by atoms with E-state index in [2.05, 4.69) is 36.7 Å². The molecule has 1 rings (SSSR count). The molecular weight excluding hydrogens is 278 g/mol. The van der Waals surface area contributed by atoms with Gasteiger partial charge < -0.3 is 4.90 Å². The quantitative estimate of drug-likeness (QED) is 0.822. The highest BCUT2D eigenvalue weighted by Crippen LogP contribution is 2.18. The van der Waals surface area contributed by atoms with Crippen LogP contribution in [0.2, 0.25) is 0 Å². The number of aryl methyl sites for hydroxylation is 1. The van der Waals surface area contributed by atoms with Crippen LogP contribution in [0.3, 0.4) is 0 Å². The van der Waals surface area contributed by atoms with Crippen molar-refractivity contribution in [2.24, 2.45) is 0 Å². The van der Waals surface area contributed by atoms with Crippen molar-refractivity contribution in [3.8, 4) is 0 Å². The second-order valence-electron chi connectivity index (χ2n) is 4.61. The van der Waals surface area contributed by atoms with E-state index in [0.29, 0.717) is 0 Å². The maximum atomic E-state index is 12.4. The van der Waals surface area contributed by atoms with Gasteiger partial charge in [0.1, 0.15) is 0 Å². The minimum absolute atomic E-state index is 0.117. The fourth-order valence-electron chi connectivity index (χ4n) is 1.86. The van der Waals surface area contributed by atoms with E-state index in [9.17, 15) is 4.79 Å². The average Bonchev–Trinajstić information content (AvgIpc) is 2.23. The van der Waals surface area contributed by atoms with Gasteiger partial charge in [-0.3, -0.25) is 4.79 Å². The van der Waals surface area contributed by atoms with Crippen LogP contribution in [0, 0.1) is 6.92 Å². The Morgan fingerprint density at radius 1 is 1.35 bits per heavy atom. The molecule has 0 atom stereocenters. The lowest BCUT2D eigenvalue weighted by molar-refractivity contribution is 0.0706. The van der Waals surface area contributed by atoms with Crippen LogP contribution in [0.15, 0.2) is 22.7 Å². The Morgan fingerprint density at radius 2 is 2.00 bits per heavy atom. The highest BCUT2D eigenvalue weighted by molar-refractivity contribution is 9.10. The first-order chi connectivity index (χ1) is 7.95. The van der Waals surface area contributed by atoms with Gasteiger partial charge in [-0.15, -0.1) is 0 Å².